The molecule has 0 spiro atoms. The summed E-state index contributed by atoms with van der Waals surface area (Å²) in [6, 6.07) is 3.36. The molecule has 0 unspecified atom stereocenters. The first kappa shape index (κ1) is 24.9. The first-order valence-electron chi connectivity index (χ1n) is 9.85. The van der Waals surface area contributed by atoms with Crippen LogP contribution in [0.15, 0.2) is 28.2 Å². The van der Waals surface area contributed by atoms with Crippen LogP contribution >= 0.6 is 11.3 Å². The maximum absolute atomic E-state index is 12.4. The van der Waals surface area contributed by atoms with Gasteiger partial charge in [-0.15, -0.1) is 11.3 Å². The molecule has 2 aromatic heterocycles. The minimum atomic E-state index is -0.677. The fourth-order valence-corrected chi connectivity index (χ4v) is 3.38. The van der Waals surface area contributed by atoms with E-state index in [0.717, 1.165) is 11.3 Å². The van der Waals surface area contributed by atoms with Gasteiger partial charge in [0.2, 0.25) is 0 Å². The zero-order valence-electron chi connectivity index (χ0n) is 18.3. The summed E-state index contributed by atoms with van der Waals surface area (Å²) in [5, 5.41) is 6.90. The summed E-state index contributed by atoms with van der Waals surface area (Å²) in [5.74, 6) is -1.46. The quantitative estimate of drug-likeness (QED) is 0.423. The second-order valence-corrected chi connectivity index (χ2v) is 8.32. The van der Waals surface area contributed by atoms with Crippen molar-refractivity contribution in [2.24, 2.45) is 0 Å². The van der Waals surface area contributed by atoms with E-state index in [9.17, 15) is 19.2 Å². The molecule has 2 N–H and O–H groups in total. The minimum absolute atomic E-state index is 0.000194. The van der Waals surface area contributed by atoms with Gasteiger partial charge in [-0.2, -0.15) is 0 Å². The highest BCUT2D eigenvalue weighted by molar-refractivity contribution is 7.15. The predicted molar refractivity (Wildman–Crippen MR) is 116 cm³/mol. The van der Waals surface area contributed by atoms with Crippen LogP contribution in [0.25, 0.3) is 11.3 Å². The molecule has 0 aliphatic carbocycles. The Morgan fingerprint density at radius 2 is 1.91 bits per heavy atom. The molecule has 2 amide bonds. The molecule has 0 saturated carbocycles. The van der Waals surface area contributed by atoms with E-state index < -0.39 is 36.1 Å². The van der Waals surface area contributed by atoms with Crippen LogP contribution in [0.3, 0.4) is 0 Å². The van der Waals surface area contributed by atoms with Crippen molar-refractivity contribution in [3.8, 4) is 11.3 Å². The summed E-state index contributed by atoms with van der Waals surface area (Å²) in [4.78, 5) is 48.0. The second kappa shape index (κ2) is 11.3. The molecule has 0 saturated heterocycles. The van der Waals surface area contributed by atoms with Crippen LogP contribution in [-0.4, -0.2) is 49.3 Å². The molecule has 2 aromatic rings. The number of ether oxygens (including phenoxy) is 3. The maximum Gasteiger partial charge on any atom is 0.407 e. The number of nitrogens with one attached hydrogen (secondary N) is 2. The number of alkyl carbamates (subject to hydrolysis) is 1. The van der Waals surface area contributed by atoms with Crippen molar-refractivity contribution in [3.63, 3.8) is 0 Å². The van der Waals surface area contributed by atoms with Crippen LogP contribution in [0.4, 0.5) is 9.80 Å². The van der Waals surface area contributed by atoms with E-state index in [-0.39, 0.29) is 30.1 Å². The highest BCUT2D eigenvalue weighted by Gasteiger charge is 2.24. The summed E-state index contributed by atoms with van der Waals surface area (Å²) in [7, 11) is 0. The molecule has 0 radical (unpaired) electrons. The van der Waals surface area contributed by atoms with Crippen molar-refractivity contribution < 1.29 is 37.8 Å². The standard InChI is InChI=1S/C21H26N2O8S/c1-5-28-19(26)17-13(14-7-6-10-29-14)12-32-18(17)23-15(24)11-30-16(25)8-9-22-20(27)31-21(2,3)4/h6-7,10,12H,5,8-9,11H2,1-4H3,(H,22,27)(H,23,24). The second-order valence-electron chi connectivity index (χ2n) is 7.44. The molecular formula is C21H26N2O8S. The molecule has 174 valence electrons. The van der Waals surface area contributed by atoms with E-state index in [0.29, 0.717) is 11.3 Å². The van der Waals surface area contributed by atoms with Gasteiger partial charge in [-0.1, -0.05) is 0 Å². The number of anilines is 1. The molecule has 11 heteroatoms. The molecule has 0 bridgehead atoms. The Balaban J connectivity index is 1.88. The lowest BCUT2D eigenvalue weighted by molar-refractivity contribution is -0.147. The Morgan fingerprint density at radius 3 is 2.53 bits per heavy atom. The van der Waals surface area contributed by atoms with Crippen LogP contribution < -0.4 is 10.6 Å². The van der Waals surface area contributed by atoms with Gasteiger partial charge in [-0.25, -0.2) is 9.59 Å². The third-order valence-electron chi connectivity index (χ3n) is 3.67. The molecule has 0 aromatic carbocycles. The van der Waals surface area contributed by atoms with Gasteiger partial charge >= 0.3 is 18.0 Å². The van der Waals surface area contributed by atoms with Gasteiger partial charge in [0.1, 0.15) is 21.9 Å². The predicted octanol–water partition coefficient (Wildman–Crippen LogP) is 3.58. The highest BCUT2D eigenvalue weighted by atomic mass is 32.1. The van der Waals surface area contributed by atoms with Gasteiger partial charge in [0.15, 0.2) is 6.61 Å². The normalized spacial score (nSPS) is 10.9. The Morgan fingerprint density at radius 1 is 1.16 bits per heavy atom. The van der Waals surface area contributed by atoms with Gasteiger partial charge < -0.3 is 29.3 Å². The van der Waals surface area contributed by atoms with E-state index in [1.165, 1.54) is 6.26 Å². The van der Waals surface area contributed by atoms with E-state index >= 15 is 0 Å². The maximum atomic E-state index is 12.4. The van der Waals surface area contributed by atoms with Gasteiger partial charge in [0.25, 0.3) is 5.91 Å². The molecule has 2 heterocycles. The molecule has 0 atom stereocenters. The van der Waals surface area contributed by atoms with Crippen molar-refractivity contribution >= 4 is 40.3 Å². The average molecular weight is 467 g/mol. The fourth-order valence-electron chi connectivity index (χ4n) is 2.43. The summed E-state index contributed by atoms with van der Waals surface area (Å²) < 4.78 is 20.4. The molecule has 0 fully saturated rings. The summed E-state index contributed by atoms with van der Waals surface area (Å²) in [5.41, 5.74) is -0.00376. The van der Waals surface area contributed by atoms with E-state index in [4.69, 9.17) is 18.6 Å². The van der Waals surface area contributed by atoms with Crippen molar-refractivity contribution in [2.45, 2.75) is 39.7 Å². The van der Waals surface area contributed by atoms with Crippen molar-refractivity contribution in [1.82, 2.24) is 5.32 Å². The van der Waals surface area contributed by atoms with Crippen molar-refractivity contribution in [3.05, 3.63) is 29.3 Å². The van der Waals surface area contributed by atoms with Crippen LogP contribution in [-0.2, 0) is 23.8 Å². The van der Waals surface area contributed by atoms with E-state index in [1.54, 1.807) is 45.2 Å². The number of amides is 2. The monoisotopic (exact) mass is 466 g/mol. The van der Waals surface area contributed by atoms with E-state index in [1.807, 2.05) is 0 Å². The summed E-state index contributed by atoms with van der Waals surface area (Å²) >= 11 is 1.12. The first-order valence-corrected chi connectivity index (χ1v) is 10.7. The number of esters is 2. The smallest absolute Gasteiger partial charge is 0.407 e. The highest BCUT2D eigenvalue weighted by Crippen LogP contribution is 2.36. The van der Waals surface area contributed by atoms with Crippen LogP contribution in [0.1, 0.15) is 44.5 Å². The lowest BCUT2D eigenvalue weighted by atomic mass is 10.1. The SMILES string of the molecule is CCOC(=O)c1c(-c2ccco2)csc1NC(=O)COC(=O)CCNC(=O)OC(C)(C)C. The molecule has 2 rings (SSSR count). The van der Waals surface area contributed by atoms with Gasteiger partial charge in [-0.3, -0.25) is 9.59 Å². The van der Waals surface area contributed by atoms with Crippen molar-refractivity contribution in [1.29, 1.82) is 0 Å². The molecule has 0 aliphatic rings. The summed E-state index contributed by atoms with van der Waals surface area (Å²) in [6.45, 7) is 6.44. The Hall–Kier alpha value is -3.34. The van der Waals surface area contributed by atoms with Gasteiger partial charge in [0, 0.05) is 17.5 Å². The number of carbonyl (C=O) groups is 4. The first-order chi connectivity index (χ1) is 15.1. The number of thiophene rings is 1. The minimum Gasteiger partial charge on any atom is -0.464 e. The largest absolute Gasteiger partial charge is 0.464 e. The topological polar surface area (TPSA) is 133 Å². The average Bonchev–Trinajstić information content (AvgIpc) is 3.34. The van der Waals surface area contributed by atoms with Gasteiger partial charge in [-0.05, 0) is 39.8 Å². The number of hydrogen-bond donors (Lipinski definition) is 2. The lowest BCUT2D eigenvalue weighted by Gasteiger charge is -2.19. The van der Waals surface area contributed by atoms with Crippen LogP contribution in [0.5, 0.6) is 0 Å². The Kier molecular flexibility index (Phi) is 8.82. The fraction of sp³-hybridized carbons (Fsp3) is 0.429. The summed E-state index contributed by atoms with van der Waals surface area (Å²) in [6.07, 6.45) is 0.680. The third kappa shape index (κ3) is 7.73. The molecule has 0 aliphatic heterocycles. The lowest BCUT2D eigenvalue weighted by Crippen LogP contribution is -2.34. The van der Waals surface area contributed by atoms with E-state index in [2.05, 4.69) is 10.6 Å². The Labute approximate surface area is 189 Å². The van der Waals surface area contributed by atoms with Crippen LogP contribution in [0, 0.1) is 0 Å². The number of rotatable bonds is 9. The number of hydrogen-bond acceptors (Lipinski definition) is 9. The number of carbonyl (C=O) groups excluding carboxylic acids is 4. The number of furan rings is 1. The molecule has 10 nitrogen and oxygen atoms in total. The molecule has 32 heavy (non-hydrogen) atoms. The van der Waals surface area contributed by atoms with Crippen molar-refractivity contribution in [2.75, 3.05) is 25.1 Å². The Bertz CT molecular complexity index is 944. The zero-order chi connectivity index (χ0) is 23.7. The molecular weight excluding hydrogens is 440 g/mol. The van der Waals surface area contributed by atoms with Gasteiger partial charge in [0.05, 0.1) is 19.3 Å². The zero-order valence-corrected chi connectivity index (χ0v) is 19.1. The third-order valence-corrected chi connectivity index (χ3v) is 4.57. The van der Waals surface area contributed by atoms with Crippen LogP contribution in [0.2, 0.25) is 0 Å².